The van der Waals surface area contributed by atoms with Crippen LogP contribution in [0, 0.1) is 0 Å². The molecule has 0 aliphatic heterocycles. The molecule has 0 aliphatic rings. The molecule has 16 N–H and O–H groups in total. The van der Waals surface area contributed by atoms with Gasteiger partial charge in [0.1, 0.15) is 0 Å². The summed E-state index contributed by atoms with van der Waals surface area (Å²) < 4.78 is 68.2. The second kappa shape index (κ2) is 42.7. The monoisotopic (exact) mass is 454 g/mol. The van der Waals surface area contributed by atoms with Crippen molar-refractivity contribution in [3.63, 3.8) is 0 Å². The summed E-state index contributed by atoms with van der Waals surface area (Å²) in [5, 5.41) is 0. The van der Waals surface area contributed by atoms with Crippen molar-refractivity contribution >= 4 is 20.8 Å². The summed E-state index contributed by atoms with van der Waals surface area (Å²) in [6.07, 6.45) is 0. The quantitative estimate of drug-likeness (QED) is 0.249. The van der Waals surface area contributed by atoms with Gasteiger partial charge in [-0.05, 0) is 0 Å². The third-order valence-electron chi connectivity index (χ3n) is 0. The molecule has 0 aliphatic carbocycles. The predicted octanol–water partition coefficient (Wildman–Crippen LogP) is -9.28. The van der Waals surface area contributed by atoms with Gasteiger partial charge in [0.25, 0.3) is 0 Å². The van der Waals surface area contributed by atoms with Gasteiger partial charge in [0.15, 0.2) is 0 Å². The van der Waals surface area contributed by atoms with Crippen molar-refractivity contribution in [3.05, 3.63) is 0 Å². The molecule has 2 radical (unpaired) electrons. The summed E-state index contributed by atoms with van der Waals surface area (Å²) in [6.45, 7) is 0. The van der Waals surface area contributed by atoms with Crippen molar-refractivity contribution in [1.29, 1.82) is 0 Å². The topological polar surface area (TPSA) is 413 Å². The van der Waals surface area contributed by atoms with E-state index in [1.54, 1.807) is 0 Å². The van der Waals surface area contributed by atoms with Crippen molar-refractivity contribution in [3.8, 4) is 0 Å². The smallest absolute Gasteiger partial charge is 0.759 e. The van der Waals surface area contributed by atoms with Gasteiger partial charge in [0, 0.05) is 20.8 Å². The molecule has 0 aromatic heterocycles. The maximum absolute atomic E-state index is 8.52. The Kier molecular flexibility index (Phi) is 232. The van der Waals surface area contributed by atoms with Crippen LogP contribution in [0.2, 0.25) is 0 Å². The molecule has 0 aromatic rings. The van der Waals surface area contributed by atoms with Gasteiger partial charge in [-0.1, -0.05) is 0 Å². The van der Waals surface area contributed by atoms with E-state index in [1.165, 1.54) is 0 Å². The minimum Gasteiger partial charge on any atom is -0.759 e. The standard InChI is InChI=1S/2Co.2H2O4S.8H2O/c;;2*1-5(2,3)4;;;;;;;;/h;;2*(H2,1,2,3,4);8*1H2/q2*+2;;;;;;;;;;/p-4. The Morgan fingerprint density at radius 1 is 0.400 bits per heavy atom. The fraction of sp³-hybridized carbons (Fsp3) is 0. The van der Waals surface area contributed by atoms with Gasteiger partial charge in [0.2, 0.25) is 0 Å². The van der Waals surface area contributed by atoms with E-state index in [0.29, 0.717) is 0 Å². The van der Waals surface area contributed by atoms with Crippen LogP contribution in [0.25, 0.3) is 0 Å². The Hall–Kier alpha value is 0.433. The van der Waals surface area contributed by atoms with Crippen LogP contribution in [0.5, 0.6) is 0 Å². The third kappa shape index (κ3) is 29900. The molecule has 0 spiro atoms. The van der Waals surface area contributed by atoms with Gasteiger partial charge in [-0.3, -0.25) is 16.8 Å². The first-order valence-electron chi connectivity index (χ1n) is 1.33. The average molecular weight is 454 g/mol. The van der Waals surface area contributed by atoms with Gasteiger partial charge >= 0.3 is 33.6 Å². The molecule has 0 saturated carbocycles. The zero-order valence-corrected chi connectivity index (χ0v) is 12.5. The van der Waals surface area contributed by atoms with Gasteiger partial charge < -0.3 is 62.0 Å². The van der Waals surface area contributed by atoms with Crippen LogP contribution in [0.3, 0.4) is 0 Å². The summed E-state index contributed by atoms with van der Waals surface area (Å²) in [5.74, 6) is 0. The zero-order valence-electron chi connectivity index (χ0n) is 8.75. The Balaban J connectivity index is -0.00000000427. The first-order valence-corrected chi connectivity index (χ1v) is 4.00. The minimum atomic E-state index is -5.17. The summed E-state index contributed by atoms with van der Waals surface area (Å²) >= 11 is 0. The molecule has 20 heteroatoms. The predicted molar refractivity (Wildman–Crippen MR) is 49.9 cm³/mol. The summed E-state index contributed by atoms with van der Waals surface area (Å²) in [6, 6.07) is 0. The Labute approximate surface area is 133 Å². The number of hydrogen-bond donors (Lipinski definition) is 0. The van der Waals surface area contributed by atoms with Crippen LogP contribution < -0.4 is 0 Å². The van der Waals surface area contributed by atoms with Crippen LogP contribution in [0.4, 0.5) is 0 Å². The molecule has 0 aromatic carbocycles. The van der Waals surface area contributed by atoms with Gasteiger partial charge in [-0.25, -0.2) is 0 Å². The maximum Gasteiger partial charge on any atom is 2.00 e. The second-order valence-corrected chi connectivity index (χ2v) is 2.45. The molecule has 0 bridgehead atoms. The Morgan fingerprint density at radius 3 is 0.400 bits per heavy atom. The largest absolute Gasteiger partial charge is 2.00 e. The Bertz CT molecular complexity index is 215. The maximum atomic E-state index is 8.52. The fourth-order valence-corrected chi connectivity index (χ4v) is 0. The van der Waals surface area contributed by atoms with Gasteiger partial charge in [0.05, 0.1) is 0 Å². The van der Waals surface area contributed by atoms with Gasteiger partial charge in [-0.15, -0.1) is 0 Å². The Morgan fingerprint density at radius 2 is 0.400 bits per heavy atom. The molecule has 0 fully saturated rings. The molecule has 20 heavy (non-hydrogen) atoms. The zero-order chi connectivity index (χ0) is 9.00. The number of hydrogen-bond acceptors (Lipinski definition) is 8. The molecule has 142 valence electrons. The van der Waals surface area contributed by atoms with E-state index in [-0.39, 0.29) is 77.4 Å². The average Bonchev–Trinajstić information content (AvgIpc) is 1.12. The van der Waals surface area contributed by atoms with Crippen molar-refractivity contribution in [2.24, 2.45) is 0 Å². The molecular weight excluding hydrogens is 438 g/mol. The molecule has 0 atom stereocenters. The molecular formula is H16Co2O16S2. The second-order valence-electron chi connectivity index (χ2n) is 0.816. The van der Waals surface area contributed by atoms with Crippen LogP contribution in [-0.4, -0.2) is 78.9 Å². The molecule has 0 saturated heterocycles. The van der Waals surface area contributed by atoms with Gasteiger partial charge in [-0.2, -0.15) is 0 Å². The van der Waals surface area contributed by atoms with E-state index in [1.807, 2.05) is 0 Å². The summed E-state index contributed by atoms with van der Waals surface area (Å²) in [7, 11) is -10.3. The summed E-state index contributed by atoms with van der Waals surface area (Å²) in [4.78, 5) is 0. The molecule has 0 rings (SSSR count). The SMILES string of the molecule is O.O.O.O.O.O.O.O.O=S(=O)([O-])[O-].O=S(=O)([O-])[O-].[Co+2].[Co+2]. The van der Waals surface area contributed by atoms with Crippen LogP contribution in [-0.2, 0) is 54.4 Å². The van der Waals surface area contributed by atoms with E-state index in [2.05, 4.69) is 0 Å². The van der Waals surface area contributed by atoms with E-state index >= 15 is 0 Å². The molecule has 0 heterocycles. The van der Waals surface area contributed by atoms with Crippen molar-refractivity contribution < 1.29 is 112 Å². The molecule has 0 amide bonds. The fourth-order valence-electron chi connectivity index (χ4n) is 0. The minimum absolute atomic E-state index is 0. The van der Waals surface area contributed by atoms with E-state index in [9.17, 15) is 0 Å². The van der Waals surface area contributed by atoms with E-state index < -0.39 is 20.8 Å². The van der Waals surface area contributed by atoms with Crippen LogP contribution in [0.1, 0.15) is 0 Å². The van der Waals surface area contributed by atoms with E-state index in [0.717, 1.165) is 0 Å². The van der Waals surface area contributed by atoms with Crippen LogP contribution >= 0.6 is 0 Å². The van der Waals surface area contributed by atoms with Crippen molar-refractivity contribution in [2.75, 3.05) is 0 Å². The number of rotatable bonds is 0. The third-order valence-corrected chi connectivity index (χ3v) is 0. The first kappa shape index (κ1) is 109. The summed E-state index contributed by atoms with van der Waals surface area (Å²) in [5.41, 5.74) is 0. The first-order chi connectivity index (χ1) is 4.00. The van der Waals surface area contributed by atoms with Crippen LogP contribution in [0.15, 0.2) is 0 Å². The van der Waals surface area contributed by atoms with Crippen molar-refractivity contribution in [2.45, 2.75) is 0 Å². The molecule has 16 nitrogen and oxygen atoms in total. The normalized spacial score (nSPS) is 5.80. The van der Waals surface area contributed by atoms with E-state index in [4.69, 9.17) is 35.0 Å². The van der Waals surface area contributed by atoms with Crippen molar-refractivity contribution in [1.82, 2.24) is 0 Å². The molecule has 0 unspecified atom stereocenters.